The lowest BCUT2D eigenvalue weighted by Gasteiger charge is -2.05. The fraction of sp³-hybridized carbons (Fsp3) is 0.250. The molecule has 0 saturated carbocycles. The second kappa shape index (κ2) is 7.20. The van der Waals surface area contributed by atoms with E-state index in [2.05, 4.69) is 4.98 Å². The highest BCUT2D eigenvalue weighted by Gasteiger charge is 2.02. The molecule has 0 aromatic carbocycles. The number of hydrogen-bond acceptors (Lipinski definition) is 4. The molecule has 0 spiro atoms. The number of aliphatic hydroxyl groups excluding tert-OH is 1. The summed E-state index contributed by atoms with van der Waals surface area (Å²) in [5.74, 6) is 0. The first-order valence-corrected chi connectivity index (χ1v) is 3.62. The van der Waals surface area contributed by atoms with Gasteiger partial charge < -0.3 is 15.9 Å². The molecule has 0 aliphatic carbocycles. The molecule has 1 heterocycles. The third-order valence-electron chi connectivity index (χ3n) is 1.29. The van der Waals surface area contributed by atoms with Crippen LogP contribution >= 0.6 is 0 Å². The van der Waals surface area contributed by atoms with E-state index < -0.39 is 6.10 Å². The molecule has 13 heavy (non-hydrogen) atoms. The summed E-state index contributed by atoms with van der Waals surface area (Å²) in [5, 5.41) is 16.1. The Bertz CT molecular complexity index is 228. The number of aromatic nitrogens is 1. The minimum Gasteiger partial charge on any atom is -0.483 e. The van der Waals surface area contributed by atoms with Crippen molar-refractivity contribution in [1.29, 1.82) is 0 Å². The molecule has 1 unspecified atom stereocenters. The molecule has 0 fully saturated rings. The Kier molecular flexibility index (Phi) is 6.39. The lowest BCUT2D eigenvalue weighted by molar-refractivity contribution is -0.122. The van der Waals surface area contributed by atoms with Crippen LogP contribution in [0.3, 0.4) is 0 Å². The number of aliphatic hydroxyl groups is 1. The van der Waals surface area contributed by atoms with E-state index in [0.717, 1.165) is 5.56 Å². The average Bonchev–Trinajstić information content (AvgIpc) is 2.19. The van der Waals surface area contributed by atoms with Crippen LogP contribution in [0.15, 0.2) is 24.5 Å². The summed E-state index contributed by atoms with van der Waals surface area (Å²) in [6.45, 7) is -0.00824. The van der Waals surface area contributed by atoms with E-state index >= 15 is 0 Å². The first-order chi connectivity index (χ1) is 6.26. The molecule has 0 bridgehead atoms. The standard InChI is InChI=1S/C7H10N2O.CH2O2/c8-4-7(10)6-2-1-3-9-5-6;2-1-3/h1-3,5,7,10H,4,8H2;1H,(H,2,3). The number of pyridine rings is 1. The molecule has 1 atom stereocenters. The molecule has 72 valence electrons. The van der Waals surface area contributed by atoms with E-state index in [1.165, 1.54) is 0 Å². The van der Waals surface area contributed by atoms with Crippen LogP contribution in [0.4, 0.5) is 0 Å². The molecule has 0 aliphatic heterocycles. The van der Waals surface area contributed by atoms with Crippen LogP contribution in [0, 0.1) is 0 Å². The number of carbonyl (C=O) groups is 1. The van der Waals surface area contributed by atoms with Crippen molar-refractivity contribution >= 4 is 6.47 Å². The lowest BCUT2D eigenvalue weighted by atomic mass is 10.2. The number of hydrogen-bond donors (Lipinski definition) is 3. The van der Waals surface area contributed by atoms with Crippen LogP contribution in [-0.2, 0) is 4.79 Å². The predicted molar refractivity (Wildman–Crippen MR) is 46.9 cm³/mol. The van der Waals surface area contributed by atoms with Gasteiger partial charge in [-0.1, -0.05) is 6.07 Å². The van der Waals surface area contributed by atoms with Crippen LogP contribution in [0.5, 0.6) is 0 Å². The normalized spacial score (nSPS) is 10.9. The zero-order valence-corrected chi connectivity index (χ0v) is 7.00. The van der Waals surface area contributed by atoms with Crippen molar-refractivity contribution in [3.05, 3.63) is 30.1 Å². The second-order valence-corrected chi connectivity index (χ2v) is 2.14. The monoisotopic (exact) mass is 184 g/mol. The summed E-state index contributed by atoms with van der Waals surface area (Å²) < 4.78 is 0. The van der Waals surface area contributed by atoms with Crippen LogP contribution in [0.25, 0.3) is 0 Å². The van der Waals surface area contributed by atoms with Gasteiger partial charge in [-0.2, -0.15) is 0 Å². The number of carboxylic acid groups (broad SMARTS) is 1. The third-order valence-corrected chi connectivity index (χ3v) is 1.29. The minimum atomic E-state index is -0.575. The van der Waals surface area contributed by atoms with Crippen LogP contribution in [0.1, 0.15) is 11.7 Å². The quantitative estimate of drug-likeness (QED) is 0.552. The van der Waals surface area contributed by atoms with E-state index in [4.69, 9.17) is 20.7 Å². The van der Waals surface area contributed by atoms with E-state index in [9.17, 15) is 0 Å². The Morgan fingerprint density at radius 1 is 1.69 bits per heavy atom. The molecule has 0 radical (unpaired) electrons. The molecule has 1 aromatic heterocycles. The molecule has 0 aliphatic rings. The Morgan fingerprint density at radius 3 is 2.69 bits per heavy atom. The van der Waals surface area contributed by atoms with Crippen LogP contribution < -0.4 is 5.73 Å². The first-order valence-electron chi connectivity index (χ1n) is 3.62. The van der Waals surface area contributed by atoms with Crippen LogP contribution in [-0.4, -0.2) is 28.2 Å². The van der Waals surface area contributed by atoms with E-state index in [0.29, 0.717) is 0 Å². The van der Waals surface area contributed by atoms with Crippen molar-refractivity contribution < 1.29 is 15.0 Å². The smallest absolute Gasteiger partial charge is 0.290 e. The number of nitrogens with two attached hydrogens (primary N) is 1. The maximum atomic E-state index is 9.16. The van der Waals surface area contributed by atoms with Gasteiger partial charge in [-0.3, -0.25) is 9.78 Å². The number of rotatable bonds is 2. The van der Waals surface area contributed by atoms with Gasteiger partial charge in [0.1, 0.15) is 0 Å². The third kappa shape index (κ3) is 4.89. The fourth-order valence-corrected chi connectivity index (χ4v) is 0.709. The molecule has 1 aromatic rings. The largest absolute Gasteiger partial charge is 0.483 e. The molecule has 0 saturated heterocycles. The molecule has 5 heteroatoms. The van der Waals surface area contributed by atoms with Crippen molar-refractivity contribution in [2.45, 2.75) is 6.10 Å². The zero-order chi connectivity index (χ0) is 10.1. The maximum absolute atomic E-state index is 9.16. The van der Waals surface area contributed by atoms with Crippen molar-refractivity contribution in [3.63, 3.8) is 0 Å². The van der Waals surface area contributed by atoms with Gasteiger partial charge in [0.2, 0.25) is 0 Å². The molecule has 4 N–H and O–H groups in total. The summed E-state index contributed by atoms with van der Waals surface area (Å²) in [5.41, 5.74) is 5.99. The van der Waals surface area contributed by atoms with E-state index in [-0.39, 0.29) is 13.0 Å². The molecule has 1 rings (SSSR count). The molecule has 5 nitrogen and oxygen atoms in total. The van der Waals surface area contributed by atoms with Gasteiger partial charge >= 0.3 is 0 Å². The van der Waals surface area contributed by atoms with Gasteiger partial charge in [-0.15, -0.1) is 0 Å². The van der Waals surface area contributed by atoms with Crippen LogP contribution in [0.2, 0.25) is 0 Å². The molecular weight excluding hydrogens is 172 g/mol. The van der Waals surface area contributed by atoms with Gasteiger partial charge in [0, 0.05) is 24.5 Å². The Hall–Kier alpha value is -1.46. The average molecular weight is 184 g/mol. The van der Waals surface area contributed by atoms with Gasteiger partial charge in [-0.25, -0.2) is 0 Å². The summed E-state index contributed by atoms with van der Waals surface area (Å²) >= 11 is 0. The Labute approximate surface area is 75.8 Å². The van der Waals surface area contributed by atoms with E-state index in [1.54, 1.807) is 24.5 Å². The highest BCUT2D eigenvalue weighted by molar-refractivity contribution is 5.32. The number of nitrogens with zero attached hydrogens (tertiary/aromatic N) is 1. The molecular formula is C8H12N2O3. The summed E-state index contributed by atoms with van der Waals surface area (Å²) in [6.07, 6.45) is 2.69. The predicted octanol–water partition coefficient (Wildman–Crippen LogP) is -0.226. The van der Waals surface area contributed by atoms with Gasteiger partial charge in [0.05, 0.1) is 6.10 Å². The van der Waals surface area contributed by atoms with Crippen molar-refractivity contribution in [2.24, 2.45) is 5.73 Å². The zero-order valence-electron chi connectivity index (χ0n) is 7.00. The van der Waals surface area contributed by atoms with Gasteiger partial charge in [0.15, 0.2) is 0 Å². The maximum Gasteiger partial charge on any atom is 0.290 e. The second-order valence-electron chi connectivity index (χ2n) is 2.14. The Morgan fingerprint density at radius 2 is 2.31 bits per heavy atom. The lowest BCUT2D eigenvalue weighted by Crippen LogP contribution is -2.11. The van der Waals surface area contributed by atoms with Gasteiger partial charge in [0.25, 0.3) is 6.47 Å². The highest BCUT2D eigenvalue weighted by atomic mass is 16.3. The van der Waals surface area contributed by atoms with Crippen molar-refractivity contribution in [3.8, 4) is 0 Å². The van der Waals surface area contributed by atoms with Crippen molar-refractivity contribution in [2.75, 3.05) is 6.54 Å². The SMILES string of the molecule is NCC(O)c1cccnc1.O=CO. The summed E-state index contributed by atoms with van der Waals surface area (Å²) in [6, 6.07) is 3.57. The van der Waals surface area contributed by atoms with Gasteiger partial charge in [-0.05, 0) is 6.07 Å². The Balaban J connectivity index is 0.000000424. The first kappa shape index (κ1) is 11.5. The summed E-state index contributed by atoms with van der Waals surface area (Å²) in [7, 11) is 0. The summed E-state index contributed by atoms with van der Waals surface area (Å²) in [4.78, 5) is 12.2. The minimum absolute atomic E-state index is 0.242. The topological polar surface area (TPSA) is 96.4 Å². The fourth-order valence-electron chi connectivity index (χ4n) is 0.709. The van der Waals surface area contributed by atoms with Crippen molar-refractivity contribution in [1.82, 2.24) is 4.98 Å². The van der Waals surface area contributed by atoms with E-state index in [1.807, 2.05) is 0 Å². The molecule has 0 amide bonds. The highest BCUT2D eigenvalue weighted by Crippen LogP contribution is 2.07.